The van der Waals surface area contributed by atoms with Crippen molar-refractivity contribution in [2.75, 3.05) is 31.1 Å². The summed E-state index contributed by atoms with van der Waals surface area (Å²) < 4.78 is 31.6. The minimum absolute atomic E-state index is 0.439. The van der Waals surface area contributed by atoms with Crippen molar-refractivity contribution in [3.63, 3.8) is 0 Å². The Kier molecular flexibility index (Phi) is 6.80. The Hall–Kier alpha value is -2.55. The van der Waals surface area contributed by atoms with Gasteiger partial charge < -0.3 is 4.90 Å². The summed E-state index contributed by atoms with van der Waals surface area (Å²) in [6, 6.07) is 17.9. The summed E-state index contributed by atoms with van der Waals surface area (Å²) in [7, 11) is -3.46. The summed E-state index contributed by atoms with van der Waals surface area (Å²) in [5, 5.41) is 2.17. The van der Waals surface area contributed by atoms with Crippen molar-refractivity contribution < 1.29 is 8.42 Å². The third kappa shape index (κ3) is 5.78. The maximum Gasteiger partial charge on any atom is 0.236 e. The minimum Gasteiger partial charge on any atom is -0.345 e. The van der Waals surface area contributed by atoms with Crippen LogP contribution in [0.15, 0.2) is 60.0 Å². The van der Waals surface area contributed by atoms with E-state index in [4.69, 9.17) is 4.98 Å². The first-order chi connectivity index (χ1) is 15.0. The predicted molar refractivity (Wildman–Crippen MR) is 127 cm³/mol. The molecular formula is C23H26N4O2S2. The topological polar surface area (TPSA) is 66.4 Å². The van der Waals surface area contributed by atoms with E-state index in [9.17, 15) is 8.42 Å². The minimum atomic E-state index is -3.46. The fourth-order valence-corrected chi connectivity index (χ4v) is 5.45. The van der Waals surface area contributed by atoms with E-state index in [1.54, 1.807) is 10.4 Å². The smallest absolute Gasteiger partial charge is 0.236 e. The van der Waals surface area contributed by atoms with E-state index in [1.807, 2.05) is 30.3 Å². The summed E-state index contributed by atoms with van der Waals surface area (Å²) in [5.41, 5.74) is 3.30. The van der Waals surface area contributed by atoms with Gasteiger partial charge in [-0.1, -0.05) is 60.2 Å². The fourth-order valence-electron chi connectivity index (χ4n) is 3.49. The quantitative estimate of drug-likeness (QED) is 0.564. The summed E-state index contributed by atoms with van der Waals surface area (Å²) in [5.74, 6) is 0.809. The number of nitrogens with zero attached hydrogens (tertiary/aromatic N) is 4. The number of aromatic nitrogens is 2. The van der Waals surface area contributed by atoms with E-state index >= 15 is 0 Å². The highest BCUT2D eigenvalue weighted by molar-refractivity contribution is 7.92. The number of anilines is 1. The van der Waals surface area contributed by atoms with Gasteiger partial charge in [0, 0.05) is 49.5 Å². The molecule has 1 saturated heterocycles. The van der Waals surface area contributed by atoms with E-state index in [0.29, 0.717) is 26.1 Å². The lowest BCUT2D eigenvalue weighted by Crippen LogP contribution is -2.34. The van der Waals surface area contributed by atoms with E-state index in [-0.39, 0.29) is 0 Å². The first-order valence-corrected chi connectivity index (χ1v) is 12.6. The van der Waals surface area contributed by atoms with Crippen LogP contribution in [0, 0.1) is 6.92 Å². The summed E-state index contributed by atoms with van der Waals surface area (Å²) in [6.45, 7) is 4.40. The fraction of sp³-hybridized carbons (Fsp3) is 0.304. The SMILES string of the molecule is Cc1ccc(Cc2nsc(N3CCCN(S(=O)(=O)C=Cc4ccccc4)CC3)n2)cc1. The van der Waals surface area contributed by atoms with Crippen LogP contribution >= 0.6 is 11.5 Å². The van der Waals surface area contributed by atoms with Crippen molar-refractivity contribution in [2.24, 2.45) is 0 Å². The third-order valence-corrected chi connectivity index (χ3v) is 7.64. The van der Waals surface area contributed by atoms with Crippen LogP contribution in [-0.2, 0) is 16.4 Å². The van der Waals surface area contributed by atoms with Crippen LogP contribution in [0.1, 0.15) is 28.9 Å². The van der Waals surface area contributed by atoms with Gasteiger partial charge in [-0.05, 0) is 30.5 Å². The number of aryl methyl sites for hydroxylation is 1. The molecule has 1 aliphatic heterocycles. The van der Waals surface area contributed by atoms with Crippen LogP contribution in [-0.4, -0.2) is 48.3 Å². The maximum absolute atomic E-state index is 12.8. The Labute approximate surface area is 188 Å². The van der Waals surface area contributed by atoms with Gasteiger partial charge in [-0.3, -0.25) is 0 Å². The summed E-state index contributed by atoms with van der Waals surface area (Å²) in [6.07, 6.45) is 3.11. The maximum atomic E-state index is 12.8. The number of sulfonamides is 1. The highest BCUT2D eigenvalue weighted by atomic mass is 32.2. The average molecular weight is 455 g/mol. The Morgan fingerprint density at radius 2 is 1.77 bits per heavy atom. The molecule has 0 spiro atoms. The average Bonchev–Trinajstić information content (AvgIpc) is 3.08. The molecule has 1 fully saturated rings. The van der Waals surface area contributed by atoms with Crippen LogP contribution in [0.3, 0.4) is 0 Å². The molecule has 3 aromatic rings. The van der Waals surface area contributed by atoms with E-state index in [1.165, 1.54) is 28.1 Å². The molecule has 4 rings (SSSR count). The molecule has 162 valence electrons. The second-order valence-electron chi connectivity index (χ2n) is 7.65. The number of benzene rings is 2. The standard InChI is InChI=1S/C23H26N4O2S2/c1-19-8-10-21(11-9-19)18-22-24-23(30-25-22)26-13-5-14-27(16-15-26)31(28,29)17-12-20-6-3-2-4-7-20/h2-4,6-12,17H,5,13-16,18H2,1H3. The van der Waals surface area contributed by atoms with Gasteiger partial charge in [0.2, 0.25) is 15.2 Å². The predicted octanol–water partition coefficient (Wildman–Crippen LogP) is 3.95. The molecule has 0 saturated carbocycles. The van der Waals surface area contributed by atoms with Gasteiger partial charge in [0.05, 0.1) is 0 Å². The molecular weight excluding hydrogens is 428 g/mol. The zero-order valence-electron chi connectivity index (χ0n) is 17.5. The van der Waals surface area contributed by atoms with Crippen molar-refractivity contribution in [2.45, 2.75) is 19.8 Å². The molecule has 0 radical (unpaired) electrons. The van der Waals surface area contributed by atoms with Crippen LogP contribution in [0.5, 0.6) is 0 Å². The first kappa shape index (κ1) is 21.7. The van der Waals surface area contributed by atoms with Gasteiger partial charge in [0.1, 0.15) is 5.82 Å². The molecule has 6 nitrogen and oxygen atoms in total. The Morgan fingerprint density at radius 3 is 2.55 bits per heavy atom. The summed E-state index contributed by atoms with van der Waals surface area (Å²) >= 11 is 1.39. The zero-order chi connectivity index (χ0) is 21.7. The second-order valence-corrected chi connectivity index (χ2v) is 10.2. The molecule has 0 atom stereocenters. The molecule has 0 aliphatic carbocycles. The molecule has 0 N–H and O–H groups in total. The molecule has 0 bridgehead atoms. The normalized spacial score (nSPS) is 16.0. The van der Waals surface area contributed by atoms with Gasteiger partial charge in [-0.25, -0.2) is 13.4 Å². The third-order valence-electron chi connectivity index (χ3n) is 5.26. The molecule has 2 aromatic carbocycles. The molecule has 31 heavy (non-hydrogen) atoms. The molecule has 1 aromatic heterocycles. The van der Waals surface area contributed by atoms with Crippen molar-refractivity contribution in [1.29, 1.82) is 0 Å². The zero-order valence-corrected chi connectivity index (χ0v) is 19.1. The molecule has 0 amide bonds. The van der Waals surface area contributed by atoms with Crippen LogP contribution in [0.2, 0.25) is 0 Å². The largest absolute Gasteiger partial charge is 0.345 e. The monoisotopic (exact) mass is 454 g/mol. The number of hydrogen-bond acceptors (Lipinski definition) is 6. The Morgan fingerprint density at radius 1 is 1.00 bits per heavy atom. The van der Waals surface area contributed by atoms with E-state index < -0.39 is 10.0 Å². The summed E-state index contributed by atoms with van der Waals surface area (Å²) in [4.78, 5) is 6.85. The van der Waals surface area contributed by atoms with Gasteiger partial charge in [-0.15, -0.1) is 0 Å². The van der Waals surface area contributed by atoms with E-state index in [0.717, 1.165) is 29.5 Å². The van der Waals surface area contributed by atoms with E-state index in [2.05, 4.69) is 40.5 Å². The van der Waals surface area contributed by atoms with Crippen LogP contribution < -0.4 is 4.90 Å². The molecule has 8 heteroatoms. The lowest BCUT2D eigenvalue weighted by atomic mass is 10.1. The van der Waals surface area contributed by atoms with Crippen molar-refractivity contribution in [1.82, 2.24) is 13.7 Å². The van der Waals surface area contributed by atoms with Crippen molar-refractivity contribution >= 4 is 32.8 Å². The number of rotatable bonds is 6. The highest BCUT2D eigenvalue weighted by Crippen LogP contribution is 2.22. The van der Waals surface area contributed by atoms with Crippen molar-refractivity contribution in [3.8, 4) is 0 Å². The lowest BCUT2D eigenvalue weighted by molar-refractivity contribution is 0.440. The van der Waals surface area contributed by atoms with Crippen molar-refractivity contribution in [3.05, 3.63) is 82.5 Å². The number of hydrogen-bond donors (Lipinski definition) is 0. The Bertz CT molecular complexity index is 1130. The van der Waals surface area contributed by atoms with Gasteiger partial charge in [0.25, 0.3) is 0 Å². The highest BCUT2D eigenvalue weighted by Gasteiger charge is 2.24. The molecule has 0 unspecified atom stereocenters. The molecule has 2 heterocycles. The van der Waals surface area contributed by atoms with Gasteiger partial charge >= 0.3 is 0 Å². The second kappa shape index (κ2) is 9.72. The van der Waals surface area contributed by atoms with Crippen LogP contribution in [0.4, 0.5) is 5.13 Å². The Balaban J connectivity index is 1.38. The van der Waals surface area contributed by atoms with Gasteiger partial charge in [0.15, 0.2) is 0 Å². The van der Waals surface area contributed by atoms with Gasteiger partial charge in [-0.2, -0.15) is 8.68 Å². The first-order valence-electron chi connectivity index (χ1n) is 10.4. The lowest BCUT2D eigenvalue weighted by Gasteiger charge is -2.19. The van der Waals surface area contributed by atoms with Crippen LogP contribution in [0.25, 0.3) is 6.08 Å². The molecule has 1 aliphatic rings.